The Bertz CT molecular complexity index is 1840. The number of esters is 1. The van der Waals surface area contributed by atoms with Crippen LogP contribution in [0.1, 0.15) is 38.7 Å². The summed E-state index contributed by atoms with van der Waals surface area (Å²) in [4.78, 5) is 57.5. The van der Waals surface area contributed by atoms with Gasteiger partial charge in [0.2, 0.25) is 5.91 Å². The zero-order chi connectivity index (χ0) is 33.0. The molecule has 1 unspecified atom stereocenters. The van der Waals surface area contributed by atoms with Gasteiger partial charge in [0.05, 0.1) is 18.7 Å². The molecule has 2 heterocycles. The number of thiophene rings is 1. The van der Waals surface area contributed by atoms with Crippen molar-refractivity contribution < 1.29 is 23.9 Å². The van der Waals surface area contributed by atoms with Gasteiger partial charge in [-0.15, -0.1) is 34.4 Å². The molecular weight excluding hydrogens is 653 g/mol. The average Bonchev–Trinajstić information content (AvgIpc) is 3.77. The van der Waals surface area contributed by atoms with Gasteiger partial charge >= 0.3 is 5.97 Å². The fraction of sp³-hybridized carbons (Fsp3) is 0.114. The molecule has 3 N–H and O–H groups in total. The van der Waals surface area contributed by atoms with Crippen molar-refractivity contribution in [2.75, 3.05) is 17.2 Å². The highest BCUT2D eigenvalue weighted by molar-refractivity contribution is 8.00. The van der Waals surface area contributed by atoms with Crippen LogP contribution in [-0.2, 0) is 25.5 Å². The summed E-state index contributed by atoms with van der Waals surface area (Å²) in [6, 6.07) is 28.9. The Kier molecular flexibility index (Phi) is 11.7. The van der Waals surface area contributed by atoms with Crippen LogP contribution < -0.4 is 16.0 Å². The molecule has 238 valence electrons. The van der Waals surface area contributed by atoms with Gasteiger partial charge in [-0.05, 0) is 66.4 Å². The van der Waals surface area contributed by atoms with E-state index in [1.807, 2.05) is 66.0 Å². The number of aromatic nitrogens is 1. The summed E-state index contributed by atoms with van der Waals surface area (Å²) in [5, 5.41) is 11.9. The normalized spacial score (nSPS) is 11.7. The van der Waals surface area contributed by atoms with Crippen molar-refractivity contribution >= 4 is 75.0 Å². The summed E-state index contributed by atoms with van der Waals surface area (Å²) in [7, 11) is 0. The molecule has 0 saturated carbocycles. The molecule has 9 nitrogen and oxygen atoms in total. The van der Waals surface area contributed by atoms with Crippen LogP contribution in [-0.4, -0.2) is 35.3 Å². The molecule has 12 heteroatoms. The Morgan fingerprint density at radius 3 is 2.28 bits per heavy atom. The lowest BCUT2D eigenvalue weighted by Crippen LogP contribution is -2.30. The minimum Gasteiger partial charge on any atom is -0.466 e. The third kappa shape index (κ3) is 9.72. The first-order valence-electron chi connectivity index (χ1n) is 14.5. The van der Waals surface area contributed by atoms with Crippen molar-refractivity contribution in [3.8, 4) is 0 Å². The first kappa shape index (κ1) is 33.3. The number of hydrogen-bond acceptors (Lipinski definition) is 9. The van der Waals surface area contributed by atoms with Crippen LogP contribution in [0.3, 0.4) is 0 Å². The van der Waals surface area contributed by atoms with E-state index in [1.54, 1.807) is 54.8 Å². The third-order valence-corrected chi connectivity index (χ3v) is 9.37. The molecule has 0 aliphatic carbocycles. The summed E-state index contributed by atoms with van der Waals surface area (Å²) in [5.74, 6) is -1.52. The second-order valence-electron chi connectivity index (χ2n) is 9.90. The Hall–Kier alpha value is -5.04. The predicted molar refractivity (Wildman–Crippen MR) is 187 cm³/mol. The number of hydrogen-bond donors (Lipinski definition) is 3. The number of ether oxygens (including phenoxy) is 1. The largest absolute Gasteiger partial charge is 0.466 e. The van der Waals surface area contributed by atoms with Crippen LogP contribution in [0, 0.1) is 0 Å². The highest BCUT2D eigenvalue weighted by Gasteiger charge is 2.24. The van der Waals surface area contributed by atoms with E-state index >= 15 is 0 Å². The lowest BCUT2D eigenvalue weighted by atomic mass is 10.1. The van der Waals surface area contributed by atoms with Crippen molar-refractivity contribution in [2.45, 2.75) is 23.5 Å². The van der Waals surface area contributed by atoms with Gasteiger partial charge in [-0.1, -0.05) is 54.6 Å². The molecule has 0 saturated heterocycles. The second-order valence-corrected chi connectivity index (χ2v) is 12.9. The quantitative estimate of drug-likeness (QED) is 0.0682. The number of carbonyl (C=O) groups excluding carboxylic acids is 4. The Morgan fingerprint density at radius 1 is 0.872 bits per heavy atom. The van der Waals surface area contributed by atoms with Gasteiger partial charge in [-0.25, -0.2) is 4.98 Å². The van der Waals surface area contributed by atoms with Gasteiger partial charge in [-0.2, -0.15) is 0 Å². The smallest absolute Gasteiger partial charge is 0.311 e. The van der Waals surface area contributed by atoms with E-state index in [0.29, 0.717) is 22.1 Å². The number of amides is 3. The molecule has 3 aromatic carbocycles. The lowest BCUT2D eigenvalue weighted by Gasteiger charge is -2.17. The summed E-state index contributed by atoms with van der Waals surface area (Å²) in [5.41, 5.74) is 2.38. The fourth-order valence-electron chi connectivity index (χ4n) is 4.29. The highest BCUT2D eigenvalue weighted by atomic mass is 32.2. The number of carbonyl (C=O) groups is 4. The van der Waals surface area contributed by atoms with E-state index in [4.69, 9.17) is 4.74 Å². The maximum absolute atomic E-state index is 13.5. The van der Waals surface area contributed by atoms with Crippen molar-refractivity contribution in [1.82, 2.24) is 10.3 Å². The van der Waals surface area contributed by atoms with E-state index in [-0.39, 0.29) is 30.6 Å². The molecule has 1 atom stereocenters. The lowest BCUT2D eigenvalue weighted by molar-refractivity contribution is -0.142. The summed E-state index contributed by atoms with van der Waals surface area (Å²) in [6.45, 7) is 2.03. The average molecular weight is 683 g/mol. The molecular formula is C35H30N4O5S3. The van der Waals surface area contributed by atoms with E-state index in [2.05, 4.69) is 20.9 Å². The van der Waals surface area contributed by atoms with E-state index in [0.717, 1.165) is 15.3 Å². The van der Waals surface area contributed by atoms with Gasteiger partial charge in [0, 0.05) is 26.4 Å². The minimum atomic E-state index is -0.609. The highest BCUT2D eigenvalue weighted by Crippen LogP contribution is 2.37. The topological polar surface area (TPSA) is 126 Å². The van der Waals surface area contributed by atoms with Crippen LogP contribution in [0.15, 0.2) is 118 Å². The number of nitrogens with one attached hydrogen (secondary N) is 3. The summed E-state index contributed by atoms with van der Waals surface area (Å²) < 4.78 is 4.99. The van der Waals surface area contributed by atoms with Crippen molar-refractivity contribution in [3.05, 3.63) is 135 Å². The number of rotatable bonds is 13. The molecule has 5 aromatic rings. The number of nitrogens with zero attached hydrogens (tertiary/aromatic N) is 1. The molecule has 47 heavy (non-hydrogen) atoms. The fourth-order valence-corrected chi connectivity index (χ4v) is 6.68. The number of thioether (sulfide) groups is 1. The van der Waals surface area contributed by atoms with Crippen LogP contribution >= 0.6 is 34.4 Å². The Balaban J connectivity index is 1.27. The van der Waals surface area contributed by atoms with E-state index in [9.17, 15) is 19.2 Å². The van der Waals surface area contributed by atoms with Crippen LogP contribution in [0.25, 0.3) is 6.08 Å². The van der Waals surface area contributed by atoms with Crippen LogP contribution in [0.4, 0.5) is 10.8 Å². The number of thiazole rings is 1. The number of benzene rings is 3. The zero-order valence-electron chi connectivity index (χ0n) is 25.2. The first-order chi connectivity index (χ1) is 22.9. The molecule has 0 aliphatic rings. The number of anilines is 2. The second kappa shape index (κ2) is 16.5. The maximum Gasteiger partial charge on any atom is 0.311 e. The zero-order valence-corrected chi connectivity index (χ0v) is 27.6. The maximum atomic E-state index is 13.5. The monoisotopic (exact) mass is 682 g/mol. The molecule has 0 aliphatic heterocycles. The first-order valence-corrected chi connectivity index (χ1v) is 17.2. The van der Waals surface area contributed by atoms with Gasteiger partial charge in [0.1, 0.15) is 10.9 Å². The Morgan fingerprint density at radius 2 is 1.60 bits per heavy atom. The third-order valence-electron chi connectivity index (χ3n) is 6.48. The standard InChI is InChI=1S/C35H30N4O5S3/c1-2-44-30(40)20-26-22-46-35(37-26)39-34(43)31(23-10-5-3-6-11-23)47-27-17-15-25(16-18-27)36-33(42)29(21-28-14-9-19-45-28)38-32(41)24-12-7-4-8-13-24/h3-19,21-22,31H,2,20H2,1H3,(H,36,42)(H,38,41)(H,37,39,43)/b29-21-. The van der Waals surface area contributed by atoms with Crippen molar-refractivity contribution in [3.63, 3.8) is 0 Å². The Labute approximate surface area is 284 Å². The van der Waals surface area contributed by atoms with Crippen molar-refractivity contribution in [1.29, 1.82) is 0 Å². The SMILES string of the molecule is CCOC(=O)Cc1csc(NC(=O)C(Sc2ccc(NC(=O)/C(=C/c3cccs3)NC(=O)c3ccccc3)cc2)c2ccccc2)n1. The minimum absolute atomic E-state index is 0.0324. The van der Waals surface area contributed by atoms with E-state index < -0.39 is 17.1 Å². The van der Waals surface area contributed by atoms with Crippen molar-refractivity contribution in [2.24, 2.45) is 0 Å². The molecule has 0 bridgehead atoms. The van der Waals surface area contributed by atoms with Crippen LogP contribution in [0.5, 0.6) is 0 Å². The van der Waals surface area contributed by atoms with E-state index in [1.165, 1.54) is 34.4 Å². The molecule has 0 radical (unpaired) electrons. The molecule has 0 spiro atoms. The summed E-state index contributed by atoms with van der Waals surface area (Å²) in [6.07, 6.45) is 1.67. The molecule has 2 aromatic heterocycles. The van der Waals surface area contributed by atoms with Gasteiger partial charge in [0.15, 0.2) is 5.13 Å². The molecule has 5 rings (SSSR count). The predicted octanol–water partition coefficient (Wildman–Crippen LogP) is 7.19. The molecule has 3 amide bonds. The molecule has 0 fully saturated rings. The van der Waals surface area contributed by atoms with Gasteiger partial charge in [-0.3, -0.25) is 19.2 Å². The van der Waals surface area contributed by atoms with Crippen LogP contribution in [0.2, 0.25) is 0 Å². The summed E-state index contributed by atoms with van der Waals surface area (Å²) >= 11 is 4.03. The van der Waals surface area contributed by atoms with Gasteiger partial charge < -0.3 is 20.7 Å². The van der Waals surface area contributed by atoms with Gasteiger partial charge in [0.25, 0.3) is 11.8 Å².